The van der Waals surface area contributed by atoms with Crippen molar-refractivity contribution in [2.45, 2.75) is 39.8 Å². The molecule has 4 nitrogen and oxygen atoms in total. The van der Waals surface area contributed by atoms with Crippen LogP contribution < -0.4 is 14.8 Å². The van der Waals surface area contributed by atoms with Gasteiger partial charge in [-0.1, -0.05) is 0 Å². The van der Waals surface area contributed by atoms with Crippen LogP contribution in [0.1, 0.15) is 33.3 Å². The molecule has 0 heterocycles. The summed E-state index contributed by atoms with van der Waals surface area (Å²) < 4.78 is 11.1. The molecule has 0 spiro atoms. The van der Waals surface area contributed by atoms with Crippen molar-refractivity contribution in [1.29, 1.82) is 0 Å². The lowest BCUT2D eigenvalue weighted by atomic mass is 10.1. The third kappa shape index (κ3) is 5.09. The molecule has 0 bridgehead atoms. The minimum atomic E-state index is -0.162. The summed E-state index contributed by atoms with van der Waals surface area (Å²) in [5.74, 6) is 1.58. The van der Waals surface area contributed by atoms with Gasteiger partial charge in [0.15, 0.2) is 11.5 Å². The molecule has 0 aliphatic heterocycles. The minimum Gasteiger partial charge on any atom is -0.490 e. The third-order valence-electron chi connectivity index (χ3n) is 2.91. The SMILES string of the molecule is CCOc1ccc(C[NH2+]C(C)(C)CO)cc1OCC. The Morgan fingerprint density at radius 2 is 1.74 bits per heavy atom. The van der Waals surface area contributed by atoms with E-state index in [-0.39, 0.29) is 12.1 Å². The van der Waals surface area contributed by atoms with E-state index in [0.717, 1.165) is 23.6 Å². The second kappa shape index (κ2) is 7.36. The maximum atomic E-state index is 9.25. The zero-order chi connectivity index (χ0) is 14.3. The third-order valence-corrected chi connectivity index (χ3v) is 2.91. The lowest BCUT2D eigenvalue weighted by Crippen LogP contribution is -2.95. The van der Waals surface area contributed by atoms with E-state index in [1.165, 1.54) is 0 Å². The van der Waals surface area contributed by atoms with Crippen molar-refractivity contribution in [3.05, 3.63) is 23.8 Å². The number of ether oxygens (including phenoxy) is 2. The quantitative estimate of drug-likeness (QED) is 0.747. The predicted octanol–water partition coefficient (Wildman–Crippen LogP) is 1.32. The lowest BCUT2D eigenvalue weighted by molar-refractivity contribution is -0.736. The molecule has 0 aromatic heterocycles. The number of hydrogen-bond acceptors (Lipinski definition) is 3. The van der Waals surface area contributed by atoms with E-state index >= 15 is 0 Å². The van der Waals surface area contributed by atoms with E-state index < -0.39 is 0 Å². The van der Waals surface area contributed by atoms with Crippen LogP contribution >= 0.6 is 0 Å². The summed E-state index contributed by atoms with van der Waals surface area (Å²) in [5, 5.41) is 11.4. The summed E-state index contributed by atoms with van der Waals surface area (Å²) in [6.45, 7) is 10.2. The molecule has 0 fully saturated rings. The highest BCUT2D eigenvalue weighted by atomic mass is 16.5. The summed E-state index contributed by atoms with van der Waals surface area (Å²) in [6.07, 6.45) is 0. The van der Waals surface area contributed by atoms with Crippen molar-refractivity contribution in [3.8, 4) is 11.5 Å². The Bertz CT molecular complexity index is 391. The first kappa shape index (κ1) is 15.8. The van der Waals surface area contributed by atoms with Crippen LogP contribution in [0.15, 0.2) is 18.2 Å². The standard InChI is InChI=1S/C15H25NO3/c1-5-18-13-8-7-12(9-14(13)19-6-2)10-16-15(3,4)11-17/h7-9,16-17H,5-6,10-11H2,1-4H3/p+1. The molecule has 0 atom stereocenters. The number of aliphatic hydroxyl groups is 1. The Kier molecular flexibility index (Phi) is 6.12. The number of rotatable bonds is 8. The molecule has 0 amide bonds. The van der Waals surface area contributed by atoms with Gasteiger partial charge in [-0.05, 0) is 45.9 Å². The first-order valence-corrected chi connectivity index (χ1v) is 6.86. The maximum Gasteiger partial charge on any atom is 0.161 e. The van der Waals surface area contributed by atoms with Gasteiger partial charge < -0.3 is 19.9 Å². The summed E-state index contributed by atoms with van der Waals surface area (Å²) in [5.41, 5.74) is 0.998. The van der Waals surface area contributed by atoms with Gasteiger partial charge in [0.05, 0.1) is 19.8 Å². The Balaban J connectivity index is 2.77. The van der Waals surface area contributed by atoms with Gasteiger partial charge in [0.1, 0.15) is 12.1 Å². The lowest BCUT2D eigenvalue weighted by Gasteiger charge is -2.20. The van der Waals surface area contributed by atoms with Crippen LogP contribution in [0.5, 0.6) is 11.5 Å². The molecule has 4 heteroatoms. The van der Waals surface area contributed by atoms with Gasteiger partial charge in [-0.2, -0.15) is 0 Å². The monoisotopic (exact) mass is 268 g/mol. The molecular weight excluding hydrogens is 242 g/mol. The highest BCUT2D eigenvalue weighted by molar-refractivity contribution is 5.42. The van der Waals surface area contributed by atoms with Crippen LogP contribution in [-0.4, -0.2) is 30.5 Å². The van der Waals surface area contributed by atoms with Crippen molar-refractivity contribution in [1.82, 2.24) is 0 Å². The van der Waals surface area contributed by atoms with Crippen LogP contribution in [0.25, 0.3) is 0 Å². The van der Waals surface area contributed by atoms with Gasteiger partial charge in [0.2, 0.25) is 0 Å². The molecule has 19 heavy (non-hydrogen) atoms. The van der Waals surface area contributed by atoms with Crippen molar-refractivity contribution >= 4 is 0 Å². The first-order valence-electron chi connectivity index (χ1n) is 6.86. The van der Waals surface area contributed by atoms with E-state index in [1.807, 2.05) is 45.9 Å². The Morgan fingerprint density at radius 1 is 1.11 bits per heavy atom. The van der Waals surface area contributed by atoms with Crippen molar-refractivity contribution < 1.29 is 19.9 Å². The Labute approximate surface area is 115 Å². The molecule has 1 aromatic carbocycles. The molecule has 0 radical (unpaired) electrons. The van der Waals surface area contributed by atoms with Crippen LogP contribution in [0.2, 0.25) is 0 Å². The summed E-state index contributed by atoms with van der Waals surface area (Å²) in [6, 6.07) is 6.00. The Hall–Kier alpha value is -1.26. The fraction of sp³-hybridized carbons (Fsp3) is 0.600. The molecule has 0 saturated heterocycles. The van der Waals surface area contributed by atoms with Gasteiger partial charge in [-0.25, -0.2) is 0 Å². The van der Waals surface area contributed by atoms with Crippen molar-refractivity contribution in [3.63, 3.8) is 0 Å². The highest BCUT2D eigenvalue weighted by Crippen LogP contribution is 2.28. The van der Waals surface area contributed by atoms with E-state index in [0.29, 0.717) is 13.2 Å². The highest BCUT2D eigenvalue weighted by Gasteiger charge is 2.19. The van der Waals surface area contributed by atoms with Crippen molar-refractivity contribution in [2.24, 2.45) is 0 Å². The van der Waals surface area contributed by atoms with E-state index in [4.69, 9.17) is 9.47 Å². The minimum absolute atomic E-state index is 0.155. The topological polar surface area (TPSA) is 55.3 Å². The molecule has 1 rings (SSSR count). The molecule has 3 N–H and O–H groups in total. The summed E-state index contributed by atoms with van der Waals surface area (Å²) in [4.78, 5) is 0. The molecule has 0 unspecified atom stereocenters. The van der Waals surface area contributed by atoms with E-state index in [1.54, 1.807) is 0 Å². The zero-order valence-corrected chi connectivity index (χ0v) is 12.4. The number of hydrogen-bond donors (Lipinski definition) is 2. The number of nitrogens with two attached hydrogens (primary N) is 1. The van der Waals surface area contributed by atoms with Gasteiger partial charge in [-0.15, -0.1) is 0 Å². The maximum absolute atomic E-state index is 9.25. The van der Waals surface area contributed by atoms with E-state index in [2.05, 4.69) is 5.32 Å². The second-order valence-corrected chi connectivity index (χ2v) is 5.20. The average molecular weight is 268 g/mol. The number of quaternary nitrogens is 1. The van der Waals surface area contributed by atoms with Gasteiger partial charge in [-0.3, -0.25) is 0 Å². The van der Waals surface area contributed by atoms with Crippen LogP contribution in [-0.2, 0) is 6.54 Å². The van der Waals surface area contributed by atoms with Gasteiger partial charge >= 0.3 is 0 Å². The number of aliphatic hydroxyl groups excluding tert-OH is 1. The fourth-order valence-corrected chi connectivity index (χ4v) is 1.68. The van der Waals surface area contributed by atoms with Crippen LogP contribution in [0, 0.1) is 0 Å². The molecule has 108 valence electrons. The molecule has 0 aliphatic carbocycles. The molecule has 1 aromatic rings. The van der Waals surface area contributed by atoms with E-state index in [9.17, 15) is 5.11 Å². The number of benzene rings is 1. The zero-order valence-electron chi connectivity index (χ0n) is 12.4. The normalized spacial score (nSPS) is 11.4. The fourth-order valence-electron chi connectivity index (χ4n) is 1.68. The largest absolute Gasteiger partial charge is 0.490 e. The summed E-state index contributed by atoms with van der Waals surface area (Å²) >= 11 is 0. The first-order chi connectivity index (χ1) is 9.02. The second-order valence-electron chi connectivity index (χ2n) is 5.20. The molecule has 0 saturated carbocycles. The van der Waals surface area contributed by atoms with Crippen LogP contribution in [0.3, 0.4) is 0 Å². The van der Waals surface area contributed by atoms with Crippen molar-refractivity contribution in [2.75, 3.05) is 19.8 Å². The predicted molar refractivity (Wildman–Crippen MR) is 75.6 cm³/mol. The smallest absolute Gasteiger partial charge is 0.161 e. The molecular formula is C15H26NO3+. The van der Waals surface area contributed by atoms with Crippen LogP contribution in [0.4, 0.5) is 0 Å². The van der Waals surface area contributed by atoms with Gasteiger partial charge in [0, 0.05) is 5.56 Å². The average Bonchev–Trinajstić information content (AvgIpc) is 2.40. The summed E-state index contributed by atoms with van der Waals surface area (Å²) in [7, 11) is 0. The van der Waals surface area contributed by atoms with Gasteiger partial charge in [0.25, 0.3) is 0 Å². The molecule has 0 aliphatic rings. The Morgan fingerprint density at radius 3 is 2.32 bits per heavy atom.